The van der Waals surface area contributed by atoms with Gasteiger partial charge in [-0.25, -0.2) is 9.13 Å². The van der Waals surface area contributed by atoms with Crippen LogP contribution in [0.15, 0.2) is 119 Å². The van der Waals surface area contributed by atoms with Crippen molar-refractivity contribution in [3.63, 3.8) is 0 Å². The highest BCUT2D eigenvalue weighted by Crippen LogP contribution is 2.29. The van der Waals surface area contributed by atoms with Crippen LogP contribution >= 0.6 is 0 Å². The number of rotatable bonds is 7. The predicted octanol–water partition coefficient (Wildman–Crippen LogP) is 4.97. The number of piperazine rings is 1. The van der Waals surface area contributed by atoms with Crippen molar-refractivity contribution in [2.75, 3.05) is 29.4 Å². The average Bonchev–Trinajstić information content (AvgIpc) is 3.85. The lowest BCUT2D eigenvalue weighted by atomic mass is 10.1. The number of anilines is 2. The highest BCUT2D eigenvalue weighted by molar-refractivity contribution is 5.75. The molecule has 0 bridgehead atoms. The van der Waals surface area contributed by atoms with Crippen LogP contribution in [0.25, 0.3) is 45.1 Å². The van der Waals surface area contributed by atoms with Gasteiger partial charge in [-0.05, 0) is 68.8 Å². The van der Waals surface area contributed by atoms with Gasteiger partial charge < -0.3 is 9.80 Å². The number of benzene rings is 4. The maximum Gasteiger partial charge on any atom is 0.289 e. The van der Waals surface area contributed by atoms with Gasteiger partial charge in [-0.1, -0.05) is 89.1 Å². The molecular formula is C40H36N12O2. The minimum absolute atomic E-state index is 0.128. The summed E-state index contributed by atoms with van der Waals surface area (Å²) in [6, 6.07) is 34.6. The Morgan fingerprint density at radius 1 is 0.574 bits per heavy atom. The van der Waals surface area contributed by atoms with E-state index in [1.165, 1.54) is 0 Å². The molecule has 54 heavy (non-hydrogen) atoms. The van der Waals surface area contributed by atoms with Crippen LogP contribution < -0.4 is 20.9 Å². The zero-order chi connectivity index (χ0) is 36.9. The first-order chi connectivity index (χ1) is 26.4. The van der Waals surface area contributed by atoms with Gasteiger partial charge in [-0.15, -0.1) is 10.2 Å². The molecule has 0 radical (unpaired) electrons. The molecule has 1 aliphatic rings. The summed E-state index contributed by atoms with van der Waals surface area (Å²) in [4.78, 5) is 43.4. The molecule has 1 unspecified atom stereocenters. The summed E-state index contributed by atoms with van der Waals surface area (Å²) >= 11 is 0. The van der Waals surface area contributed by atoms with Crippen molar-refractivity contribution in [2.45, 2.75) is 33.2 Å². The van der Waals surface area contributed by atoms with Crippen molar-refractivity contribution in [1.29, 1.82) is 0 Å². The number of hydrogen-bond acceptors (Lipinski definition) is 10. The van der Waals surface area contributed by atoms with Gasteiger partial charge in [-0.3, -0.25) is 9.59 Å². The fraction of sp³-hybridized carbons (Fsp3) is 0.200. The van der Waals surface area contributed by atoms with Gasteiger partial charge in [0.15, 0.2) is 22.3 Å². The molecule has 1 fully saturated rings. The second-order valence-corrected chi connectivity index (χ2v) is 13.5. The molecule has 1 saturated heterocycles. The van der Waals surface area contributed by atoms with Crippen molar-refractivity contribution in [3.8, 4) is 22.7 Å². The second kappa shape index (κ2) is 13.2. The monoisotopic (exact) mass is 716 g/mol. The van der Waals surface area contributed by atoms with Crippen LogP contribution in [0.3, 0.4) is 0 Å². The first-order valence-electron chi connectivity index (χ1n) is 17.9. The molecule has 4 aromatic heterocycles. The minimum Gasteiger partial charge on any atom is -0.338 e. The van der Waals surface area contributed by atoms with E-state index in [0.29, 0.717) is 54.2 Å². The minimum atomic E-state index is -0.307. The van der Waals surface area contributed by atoms with Gasteiger partial charge in [0.1, 0.15) is 0 Å². The van der Waals surface area contributed by atoms with E-state index in [4.69, 9.17) is 9.97 Å². The molecule has 5 heterocycles. The summed E-state index contributed by atoms with van der Waals surface area (Å²) in [6.07, 6.45) is 0.717. The molecule has 4 aromatic carbocycles. The predicted molar refractivity (Wildman–Crippen MR) is 208 cm³/mol. The number of hydrogen-bond donors (Lipinski definition) is 0. The smallest absolute Gasteiger partial charge is 0.289 e. The highest BCUT2D eigenvalue weighted by atomic mass is 16.1. The van der Waals surface area contributed by atoms with Gasteiger partial charge in [0, 0.05) is 25.7 Å². The third-order valence-electron chi connectivity index (χ3n) is 10.00. The average molecular weight is 717 g/mol. The third kappa shape index (κ3) is 5.50. The molecule has 0 spiro atoms. The summed E-state index contributed by atoms with van der Waals surface area (Å²) in [5.74, 6) is 0.979. The number of fused-ring (bicyclic) bond motifs is 2. The summed E-state index contributed by atoms with van der Waals surface area (Å²) in [5, 5.41) is 17.3. The zero-order valence-corrected chi connectivity index (χ0v) is 30.0. The van der Waals surface area contributed by atoms with E-state index in [1.807, 2.05) is 123 Å². The van der Waals surface area contributed by atoms with Gasteiger partial charge in [0.2, 0.25) is 11.9 Å². The molecule has 0 amide bonds. The summed E-state index contributed by atoms with van der Waals surface area (Å²) in [5.41, 5.74) is 5.52. The summed E-state index contributed by atoms with van der Waals surface area (Å²) < 4.78 is 6.49. The van der Waals surface area contributed by atoms with Gasteiger partial charge in [0.25, 0.3) is 11.1 Å². The lowest BCUT2D eigenvalue weighted by molar-refractivity contribution is 0.488. The van der Waals surface area contributed by atoms with Gasteiger partial charge in [-0.2, -0.15) is 19.3 Å². The van der Waals surface area contributed by atoms with E-state index >= 15 is 0 Å². The van der Waals surface area contributed by atoms with Crippen LogP contribution in [0, 0.1) is 13.8 Å². The normalized spacial score (nSPS) is 14.7. The largest absolute Gasteiger partial charge is 0.338 e. The molecule has 0 N–H and O–H groups in total. The standard InChI is InChI=1S/C40H36N12O2/c1-4-28-25-47(39-41-35-33(43-45-51(35)31-11-7-5-8-12-31)37(53)49(39)29-19-15-26(2)16-20-29)23-24-48(28)40-42-36-34(44-46-52(36)32-13-9-6-10-14-32)38(54)50(40)30-21-17-27(3)18-22-30/h5-22,28H,4,23-25H2,1-3H3. The molecule has 268 valence electrons. The van der Waals surface area contributed by atoms with E-state index in [0.717, 1.165) is 28.9 Å². The van der Waals surface area contributed by atoms with Crippen molar-refractivity contribution < 1.29 is 0 Å². The fourth-order valence-electron chi connectivity index (χ4n) is 7.11. The molecule has 14 nitrogen and oxygen atoms in total. The Labute approximate surface area is 309 Å². The Bertz CT molecular complexity index is 2750. The Hall–Kier alpha value is -6.96. The van der Waals surface area contributed by atoms with E-state index < -0.39 is 0 Å². The van der Waals surface area contributed by atoms with Crippen LogP contribution in [0.1, 0.15) is 24.5 Å². The Kier molecular flexibility index (Phi) is 8.06. The van der Waals surface area contributed by atoms with Gasteiger partial charge >= 0.3 is 0 Å². The van der Waals surface area contributed by atoms with E-state index in [-0.39, 0.29) is 28.2 Å². The molecule has 0 saturated carbocycles. The molecular weight excluding hydrogens is 681 g/mol. The van der Waals surface area contributed by atoms with E-state index in [1.54, 1.807) is 18.5 Å². The van der Waals surface area contributed by atoms with Gasteiger partial charge in [0.05, 0.1) is 22.7 Å². The Morgan fingerprint density at radius 3 is 1.52 bits per heavy atom. The van der Waals surface area contributed by atoms with Crippen LogP contribution in [-0.4, -0.2) is 74.8 Å². The van der Waals surface area contributed by atoms with Crippen molar-refractivity contribution in [1.82, 2.24) is 49.1 Å². The maximum absolute atomic E-state index is 14.4. The van der Waals surface area contributed by atoms with E-state index in [9.17, 15) is 9.59 Å². The van der Waals surface area contributed by atoms with Crippen LogP contribution in [0.2, 0.25) is 0 Å². The van der Waals surface area contributed by atoms with Crippen molar-refractivity contribution in [3.05, 3.63) is 141 Å². The lowest BCUT2D eigenvalue weighted by Crippen LogP contribution is -2.55. The third-order valence-corrected chi connectivity index (χ3v) is 10.00. The topological polar surface area (TPSA) is 138 Å². The molecule has 14 heteroatoms. The number of aryl methyl sites for hydroxylation is 2. The van der Waals surface area contributed by atoms with Crippen molar-refractivity contribution >= 4 is 34.2 Å². The maximum atomic E-state index is 14.4. The van der Waals surface area contributed by atoms with Crippen LogP contribution in [-0.2, 0) is 0 Å². The molecule has 8 aromatic rings. The molecule has 1 aliphatic heterocycles. The van der Waals surface area contributed by atoms with Crippen LogP contribution in [0.4, 0.5) is 11.9 Å². The van der Waals surface area contributed by atoms with Crippen molar-refractivity contribution in [2.24, 2.45) is 0 Å². The Balaban J connectivity index is 1.19. The molecule has 1 atom stereocenters. The zero-order valence-electron chi connectivity index (χ0n) is 30.0. The van der Waals surface area contributed by atoms with E-state index in [2.05, 4.69) is 37.3 Å². The second-order valence-electron chi connectivity index (χ2n) is 13.5. The summed E-state index contributed by atoms with van der Waals surface area (Å²) in [7, 11) is 0. The number of para-hydroxylation sites is 2. The Morgan fingerprint density at radius 2 is 1.04 bits per heavy atom. The highest BCUT2D eigenvalue weighted by Gasteiger charge is 2.34. The molecule has 9 rings (SSSR count). The van der Waals surface area contributed by atoms with Crippen LogP contribution in [0.5, 0.6) is 0 Å². The lowest BCUT2D eigenvalue weighted by Gasteiger charge is -2.43. The quantitative estimate of drug-likeness (QED) is 0.222. The first-order valence-corrected chi connectivity index (χ1v) is 17.9. The number of aromatic nitrogens is 10. The SMILES string of the molecule is CCC1CN(c2nc3c(nnn3-c3ccccc3)c(=O)n2-c2ccc(C)cc2)CCN1c1nc2c(nnn2-c2ccccc2)c(=O)n1-c1ccc(C)cc1. The fourth-order valence-corrected chi connectivity index (χ4v) is 7.11. The molecule has 0 aliphatic carbocycles. The first kappa shape index (κ1) is 32.9. The number of nitrogens with zero attached hydrogens (tertiary/aromatic N) is 12. The summed E-state index contributed by atoms with van der Waals surface area (Å²) in [6.45, 7) is 7.58.